The van der Waals surface area contributed by atoms with Crippen LogP contribution in [0.15, 0.2) is 49.1 Å². The molecule has 0 bridgehead atoms. The van der Waals surface area contributed by atoms with Crippen molar-refractivity contribution in [3.63, 3.8) is 0 Å². The molecule has 0 aromatic carbocycles. The lowest BCUT2D eigenvalue weighted by Gasteiger charge is -2.46. The molecule has 0 aliphatic heterocycles. The summed E-state index contributed by atoms with van der Waals surface area (Å²) in [4.78, 5) is 17.7. The van der Waals surface area contributed by atoms with Crippen molar-refractivity contribution >= 4 is 0 Å². The fraction of sp³-hybridized carbons (Fsp3) is 0.524. The monoisotopic (exact) mass is 712 g/mol. The van der Waals surface area contributed by atoms with Gasteiger partial charge in [0.1, 0.15) is 11.2 Å². The van der Waals surface area contributed by atoms with E-state index in [2.05, 4.69) is 47.6 Å². The molecule has 4 heterocycles. The van der Waals surface area contributed by atoms with E-state index in [1.807, 2.05) is 79.7 Å². The summed E-state index contributed by atoms with van der Waals surface area (Å²) in [5.74, 6) is 1.67. The average Bonchev–Trinajstić information content (AvgIpc) is 3.10. The summed E-state index contributed by atoms with van der Waals surface area (Å²) in [5.41, 5.74) is 3.72. The Hall–Kier alpha value is -4.28. The molecule has 0 fully saturated rings. The van der Waals surface area contributed by atoms with E-state index in [0.29, 0.717) is 49.9 Å². The first-order valence-electron chi connectivity index (χ1n) is 18.5. The third-order valence-corrected chi connectivity index (χ3v) is 10.7. The van der Waals surface area contributed by atoms with Crippen LogP contribution in [0.1, 0.15) is 128 Å². The zero-order valence-electron chi connectivity index (χ0n) is 32.9. The first-order valence-corrected chi connectivity index (χ1v) is 18.5. The zero-order valence-corrected chi connectivity index (χ0v) is 32.9. The second kappa shape index (κ2) is 14.6. The Labute approximate surface area is 309 Å². The largest absolute Gasteiger partial charge is 0.478 e. The van der Waals surface area contributed by atoms with Gasteiger partial charge in [-0.05, 0) is 86.1 Å². The Balaban J connectivity index is 0.000000201. The summed E-state index contributed by atoms with van der Waals surface area (Å²) in [5, 5.41) is 24.1. The van der Waals surface area contributed by atoms with Crippen molar-refractivity contribution in [1.82, 2.24) is 19.9 Å². The van der Waals surface area contributed by atoms with Crippen molar-refractivity contribution < 1.29 is 29.2 Å². The van der Waals surface area contributed by atoms with E-state index >= 15 is 0 Å². The van der Waals surface area contributed by atoms with Gasteiger partial charge < -0.3 is 29.2 Å². The SMILES string of the molecule is CCOc1nccc2c1C(O)(C(C)C)c1c(ccnc1OCC)C2(C)C.CCOc1nccc2c1C(O)(C(C)C)c1c(ccnc1OCC)C2(C)C. The van der Waals surface area contributed by atoms with Crippen LogP contribution >= 0.6 is 0 Å². The molecule has 4 aromatic heterocycles. The second-order valence-corrected chi connectivity index (χ2v) is 15.0. The van der Waals surface area contributed by atoms with Crippen molar-refractivity contribution in [3.05, 3.63) is 93.6 Å². The number of fused-ring (bicyclic) bond motifs is 4. The van der Waals surface area contributed by atoms with Gasteiger partial charge >= 0.3 is 0 Å². The number of hydrogen-bond acceptors (Lipinski definition) is 10. The predicted molar refractivity (Wildman–Crippen MR) is 202 cm³/mol. The summed E-state index contributed by atoms with van der Waals surface area (Å²) >= 11 is 0. The van der Waals surface area contributed by atoms with Gasteiger partial charge in [-0.25, -0.2) is 19.9 Å². The maximum absolute atomic E-state index is 12.1. The maximum atomic E-state index is 12.1. The van der Waals surface area contributed by atoms with Crippen LogP contribution in [0.3, 0.4) is 0 Å². The van der Waals surface area contributed by atoms with Gasteiger partial charge in [-0.2, -0.15) is 0 Å². The molecule has 2 N–H and O–H groups in total. The molecule has 0 atom stereocenters. The molecular formula is C42H56N4O6. The lowest BCUT2D eigenvalue weighted by molar-refractivity contribution is 0.0179. The molecule has 0 amide bonds. The molecule has 0 saturated heterocycles. The molecule has 2 aliphatic rings. The molecule has 10 nitrogen and oxygen atoms in total. The molecule has 0 saturated carbocycles. The van der Waals surface area contributed by atoms with E-state index in [9.17, 15) is 10.2 Å². The summed E-state index contributed by atoms with van der Waals surface area (Å²) < 4.78 is 23.3. The Morgan fingerprint density at radius 3 is 0.846 bits per heavy atom. The highest BCUT2D eigenvalue weighted by Gasteiger charge is 2.53. The standard InChI is InChI=1S/2C21H28N2O3/c2*1-7-25-18-16-14(9-11-22-18)20(5,6)15-10-12-23-19(26-8-2)17(15)21(16,24)13(3)4/h2*9-13,24H,7-8H2,1-6H3. The van der Waals surface area contributed by atoms with Crippen LogP contribution in [-0.4, -0.2) is 56.6 Å². The average molecular weight is 713 g/mol. The minimum atomic E-state index is -1.29. The normalized spacial score (nSPS) is 16.8. The number of nitrogens with zero attached hydrogens (tertiary/aromatic N) is 4. The second-order valence-electron chi connectivity index (χ2n) is 15.0. The molecule has 280 valence electrons. The molecule has 4 aromatic rings. The Morgan fingerprint density at radius 1 is 0.462 bits per heavy atom. The van der Waals surface area contributed by atoms with Crippen LogP contribution in [0.25, 0.3) is 0 Å². The number of hydrogen-bond donors (Lipinski definition) is 2. The Morgan fingerprint density at radius 2 is 0.673 bits per heavy atom. The summed E-state index contributed by atoms with van der Waals surface area (Å²) in [7, 11) is 0. The number of aliphatic hydroxyl groups is 2. The highest BCUT2D eigenvalue weighted by atomic mass is 16.5. The van der Waals surface area contributed by atoms with Crippen LogP contribution < -0.4 is 18.9 Å². The topological polar surface area (TPSA) is 129 Å². The fourth-order valence-electron chi connectivity index (χ4n) is 8.01. The lowest BCUT2D eigenvalue weighted by Crippen LogP contribution is -2.44. The van der Waals surface area contributed by atoms with Crippen LogP contribution in [0.2, 0.25) is 0 Å². The van der Waals surface area contributed by atoms with Gasteiger partial charge in [-0.1, -0.05) is 55.4 Å². The van der Waals surface area contributed by atoms with Crippen LogP contribution in [0.4, 0.5) is 0 Å². The third-order valence-electron chi connectivity index (χ3n) is 10.7. The smallest absolute Gasteiger partial charge is 0.220 e. The molecule has 10 heteroatoms. The number of pyridine rings is 4. The van der Waals surface area contributed by atoms with Crippen molar-refractivity contribution in [1.29, 1.82) is 0 Å². The van der Waals surface area contributed by atoms with Gasteiger partial charge in [0.05, 0.1) is 48.7 Å². The molecule has 0 radical (unpaired) electrons. The minimum absolute atomic E-state index is 0.122. The van der Waals surface area contributed by atoms with E-state index in [-0.39, 0.29) is 22.7 Å². The van der Waals surface area contributed by atoms with Crippen molar-refractivity contribution in [3.8, 4) is 23.5 Å². The van der Waals surface area contributed by atoms with E-state index in [1.165, 1.54) is 0 Å². The highest BCUT2D eigenvalue weighted by Crippen LogP contribution is 2.57. The molecule has 0 spiro atoms. The van der Waals surface area contributed by atoms with Gasteiger partial charge in [-0.3, -0.25) is 0 Å². The van der Waals surface area contributed by atoms with Gasteiger partial charge in [0.2, 0.25) is 23.5 Å². The fourth-order valence-corrected chi connectivity index (χ4v) is 8.01. The van der Waals surface area contributed by atoms with Crippen molar-refractivity contribution in [2.45, 2.75) is 105 Å². The van der Waals surface area contributed by atoms with Crippen LogP contribution in [-0.2, 0) is 22.0 Å². The third kappa shape index (κ3) is 5.97. The first-order chi connectivity index (χ1) is 24.6. The van der Waals surface area contributed by atoms with Gasteiger partial charge in [-0.15, -0.1) is 0 Å². The Kier molecular flexibility index (Phi) is 11.0. The van der Waals surface area contributed by atoms with Gasteiger partial charge in [0.15, 0.2) is 0 Å². The van der Waals surface area contributed by atoms with Gasteiger partial charge in [0, 0.05) is 35.6 Å². The maximum Gasteiger partial charge on any atom is 0.220 e. The quantitative estimate of drug-likeness (QED) is 0.170. The van der Waals surface area contributed by atoms with Crippen molar-refractivity contribution in [2.24, 2.45) is 11.8 Å². The van der Waals surface area contributed by atoms with Crippen LogP contribution in [0, 0.1) is 11.8 Å². The lowest BCUT2D eigenvalue weighted by atomic mass is 9.61. The van der Waals surface area contributed by atoms with Crippen LogP contribution in [0.5, 0.6) is 23.5 Å². The van der Waals surface area contributed by atoms with E-state index in [4.69, 9.17) is 18.9 Å². The molecule has 2 aliphatic carbocycles. The van der Waals surface area contributed by atoms with E-state index in [0.717, 1.165) is 44.5 Å². The van der Waals surface area contributed by atoms with E-state index in [1.54, 1.807) is 24.8 Å². The zero-order chi connectivity index (χ0) is 38.2. The number of aromatic nitrogens is 4. The first kappa shape index (κ1) is 38.9. The molecule has 52 heavy (non-hydrogen) atoms. The summed E-state index contributed by atoms with van der Waals surface area (Å²) in [6, 6.07) is 7.92. The van der Waals surface area contributed by atoms with E-state index < -0.39 is 11.2 Å². The summed E-state index contributed by atoms with van der Waals surface area (Å²) in [6.07, 6.45) is 7.01. The van der Waals surface area contributed by atoms with Crippen molar-refractivity contribution in [2.75, 3.05) is 26.4 Å². The molecule has 6 rings (SSSR count). The highest BCUT2D eigenvalue weighted by molar-refractivity contribution is 5.64. The molecule has 0 unspecified atom stereocenters. The minimum Gasteiger partial charge on any atom is -0.478 e. The summed E-state index contributed by atoms with van der Waals surface area (Å²) in [6.45, 7) is 26.2. The molecular weight excluding hydrogens is 656 g/mol. The number of ether oxygens (including phenoxy) is 4. The number of rotatable bonds is 10. The van der Waals surface area contributed by atoms with Gasteiger partial charge in [0.25, 0.3) is 0 Å². The Bertz CT molecular complexity index is 1650. The predicted octanol–water partition coefficient (Wildman–Crippen LogP) is 7.61.